The van der Waals surface area contributed by atoms with Crippen molar-refractivity contribution >= 4 is 5.91 Å². The second-order valence-corrected chi connectivity index (χ2v) is 8.40. The van der Waals surface area contributed by atoms with E-state index in [1.54, 1.807) is 6.20 Å². The van der Waals surface area contributed by atoms with Gasteiger partial charge in [-0.05, 0) is 62.1 Å². The van der Waals surface area contributed by atoms with Gasteiger partial charge in [0.1, 0.15) is 0 Å². The largest absolute Gasteiger partial charge is 0.349 e. The number of para-hydroxylation sites is 1. The van der Waals surface area contributed by atoms with Crippen LogP contribution in [0.15, 0.2) is 66.9 Å². The summed E-state index contributed by atoms with van der Waals surface area (Å²) in [6.45, 7) is 0. The van der Waals surface area contributed by atoms with Crippen molar-refractivity contribution < 1.29 is 4.79 Å². The predicted octanol–water partition coefficient (Wildman–Crippen LogP) is 5.21. The Balaban J connectivity index is 1.28. The number of hydrogen-bond donors (Lipinski definition) is 1. The fraction of sp³-hybridized carbons (Fsp3) is 0.360. The van der Waals surface area contributed by atoms with Crippen molar-refractivity contribution in [3.05, 3.63) is 83.7 Å². The fourth-order valence-electron chi connectivity index (χ4n) is 4.62. The maximum atomic E-state index is 13.1. The number of nitrogens with zero attached hydrogens (tertiary/aromatic N) is 2. The van der Waals surface area contributed by atoms with Crippen molar-refractivity contribution in [1.29, 1.82) is 0 Å². The van der Waals surface area contributed by atoms with Crippen LogP contribution in [-0.2, 0) is 0 Å². The average molecular weight is 386 g/mol. The molecule has 0 aliphatic heterocycles. The molecule has 0 spiro atoms. The number of amides is 1. The van der Waals surface area contributed by atoms with E-state index in [0.29, 0.717) is 11.8 Å². The molecule has 1 amide bonds. The molecule has 0 radical (unpaired) electrons. The Labute approximate surface area is 172 Å². The Kier molecular flexibility index (Phi) is 4.92. The maximum Gasteiger partial charge on any atom is 0.255 e. The van der Waals surface area contributed by atoms with Crippen LogP contribution in [-0.4, -0.2) is 21.7 Å². The molecule has 0 saturated heterocycles. The first kappa shape index (κ1) is 18.2. The Morgan fingerprint density at radius 3 is 2.10 bits per heavy atom. The molecule has 0 atom stereocenters. The smallest absolute Gasteiger partial charge is 0.255 e. The fourth-order valence-corrected chi connectivity index (χ4v) is 4.62. The van der Waals surface area contributed by atoms with Crippen molar-refractivity contribution in [1.82, 2.24) is 15.1 Å². The summed E-state index contributed by atoms with van der Waals surface area (Å²) < 4.78 is 1.96. The van der Waals surface area contributed by atoms with Gasteiger partial charge in [0.2, 0.25) is 0 Å². The van der Waals surface area contributed by atoms with E-state index in [0.717, 1.165) is 55.5 Å². The van der Waals surface area contributed by atoms with Gasteiger partial charge >= 0.3 is 0 Å². The van der Waals surface area contributed by atoms with E-state index in [1.165, 1.54) is 5.56 Å². The van der Waals surface area contributed by atoms with Gasteiger partial charge in [-0.2, -0.15) is 5.10 Å². The molecule has 2 aliphatic rings. The minimum Gasteiger partial charge on any atom is -0.349 e. The molecule has 4 heteroatoms. The summed E-state index contributed by atoms with van der Waals surface area (Å²) in [6.07, 6.45) is 8.38. The van der Waals surface area contributed by atoms with Crippen molar-refractivity contribution in [2.75, 3.05) is 0 Å². The van der Waals surface area contributed by atoms with Crippen molar-refractivity contribution in [3.63, 3.8) is 0 Å². The Hall–Kier alpha value is -2.88. The van der Waals surface area contributed by atoms with E-state index < -0.39 is 0 Å². The summed E-state index contributed by atoms with van der Waals surface area (Å²) in [6, 6.07) is 21.1. The van der Waals surface area contributed by atoms with Gasteiger partial charge in [0.05, 0.1) is 23.1 Å². The van der Waals surface area contributed by atoms with Crippen LogP contribution in [0.3, 0.4) is 0 Å². The number of carbonyl (C=O) groups is 1. The van der Waals surface area contributed by atoms with Crippen LogP contribution in [0.2, 0.25) is 0 Å². The number of aromatic nitrogens is 2. The van der Waals surface area contributed by atoms with Crippen LogP contribution >= 0.6 is 0 Å². The second kappa shape index (κ2) is 7.86. The molecule has 5 rings (SSSR count). The van der Waals surface area contributed by atoms with Crippen molar-refractivity contribution in [3.8, 4) is 5.69 Å². The molecule has 2 aliphatic carbocycles. The molecule has 1 heterocycles. The first-order valence-electron chi connectivity index (χ1n) is 10.8. The van der Waals surface area contributed by atoms with Crippen LogP contribution in [0.1, 0.15) is 72.0 Å². The first-order chi connectivity index (χ1) is 14.3. The van der Waals surface area contributed by atoms with Gasteiger partial charge in [0, 0.05) is 12.0 Å². The topological polar surface area (TPSA) is 46.9 Å². The number of rotatable bonds is 5. The number of nitrogens with one attached hydrogen (secondary N) is 1. The van der Waals surface area contributed by atoms with E-state index in [1.807, 2.05) is 35.0 Å². The van der Waals surface area contributed by atoms with Crippen molar-refractivity contribution in [2.45, 2.75) is 56.4 Å². The highest BCUT2D eigenvalue weighted by atomic mass is 16.1. The molecule has 29 heavy (non-hydrogen) atoms. The third-order valence-electron chi connectivity index (χ3n) is 6.35. The number of hydrogen-bond acceptors (Lipinski definition) is 2. The molecule has 1 aromatic heterocycles. The predicted molar refractivity (Wildman–Crippen MR) is 114 cm³/mol. The summed E-state index contributed by atoms with van der Waals surface area (Å²) in [5, 5.41) is 7.87. The standard InChI is InChI=1S/C25H27N3O/c29-25(27-21-15-13-19(14-16-21)18-7-3-1-4-8-18)23-17-26-28(24(23)20-11-12-20)22-9-5-2-6-10-22/h1-10,17,19-21H,11-16H2,(H,27,29). The van der Waals surface area contributed by atoms with Gasteiger partial charge in [-0.3, -0.25) is 4.79 Å². The maximum absolute atomic E-state index is 13.1. The lowest BCUT2D eigenvalue weighted by molar-refractivity contribution is 0.0924. The van der Waals surface area contributed by atoms with Crippen molar-refractivity contribution in [2.24, 2.45) is 0 Å². The van der Waals surface area contributed by atoms with Crippen LogP contribution in [0, 0.1) is 0 Å². The lowest BCUT2D eigenvalue weighted by Crippen LogP contribution is -2.37. The lowest BCUT2D eigenvalue weighted by atomic mass is 9.82. The first-order valence-corrected chi connectivity index (χ1v) is 10.8. The van der Waals surface area contributed by atoms with Gasteiger partial charge in [-0.25, -0.2) is 4.68 Å². The summed E-state index contributed by atoms with van der Waals surface area (Å²) in [5.74, 6) is 1.11. The third-order valence-corrected chi connectivity index (χ3v) is 6.35. The number of benzene rings is 2. The van der Waals surface area contributed by atoms with E-state index in [9.17, 15) is 4.79 Å². The molecule has 148 valence electrons. The van der Waals surface area contributed by atoms with Crippen LogP contribution < -0.4 is 5.32 Å². The Morgan fingerprint density at radius 2 is 1.45 bits per heavy atom. The molecule has 0 unspecified atom stereocenters. The molecular formula is C25H27N3O. The van der Waals surface area contributed by atoms with E-state index in [-0.39, 0.29) is 11.9 Å². The zero-order valence-corrected chi connectivity index (χ0v) is 16.6. The molecule has 2 fully saturated rings. The average Bonchev–Trinajstić information content (AvgIpc) is 3.53. The van der Waals surface area contributed by atoms with Crippen LogP contribution in [0.4, 0.5) is 0 Å². The highest BCUT2D eigenvalue weighted by molar-refractivity contribution is 5.95. The Bertz CT molecular complexity index is 968. The highest BCUT2D eigenvalue weighted by Gasteiger charge is 2.33. The van der Waals surface area contributed by atoms with Gasteiger partial charge in [0.15, 0.2) is 0 Å². The molecule has 0 bridgehead atoms. The number of carbonyl (C=O) groups excluding carboxylic acids is 1. The molecule has 4 nitrogen and oxygen atoms in total. The van der Waals surface area contributed by atoms with Gasteiger partial charge < -0.3 is 5.32 Å². The van der Waals surface area contributed by atoms with Crippen LogP contribution in [0.25, 0.3) is 5.69 Å². The highest BCUT2D eigenvalue weighted by Crippen LogP contribution is 2.42. The van der Waals surface area contributed by atoms with Gasteiger partial charge in [-0.1, -0.05) is 48.5 Å². The molecule has 2 saturated carbocycles. The SMILES string of the molecule is O=C(NC1CCC(c2ccccc2)CC1)c1cnn(-c2ccccc2)c1C1CC1. The quantitative estimate of drug-likeness (QED) is 0.656. The van der Waals surface area contributed by atoms with E-state index in [2.05, 4.69) is 40.7 Å². The lowest BCUT2D eigenvalue weighted by Gasteiger charge is -2.29. The minimum absolute atomic E-state index is 0.0391. The van der Waals surface area contributed by atoms with Gasteiger partial charge in [0.25, 0.3) is 5.91 Å². The molecular weight excluding hydrogens is 358 g/mol. The van der Waals surface area contributed by atoms with Gasteiger partial charge in [-0.15, -0.1) is 0 Å². The zero-order chi connectivity index (χ0) is 19.6. The summed E-state index contributed by atoms with van der Waals surface area (Å²) >= 11 is 0. The zero-order valence-electron chi connectivity index (χ0n) is 16.6. The summed E-state index contributed by atoms with van der Waals surface area (Å²) in [5.41, 5.74) is 4.28. The summed E-state index contributed by atoms with van der Waals surface area (Å²) in [7, 11) is 0. The normalized spacial score (nSPS) is 21.7. The second-order valence-electron chi connectivity index (χ2n) is 8.40. The monoisotopic (exact) mass is 385 g/mol. The Morgan fingerprint density at radius 1 is 0.828 bits per heavy atom. The van der Waals surface area contributed by atoms with E-state index in [4.69, 9.17) is 0 Å². The molecule has 3 aromatic rings. The van der Waals surface area contributed by atoms with Crippen LogP contribution in [0.5, 0.6) is 0 Å². The third kappa shape index (κ3) is 3.84. The van der Waals surface area contributed by atoms with E-state index >= 15 is 0 Å². The summed E-state index contributed by atoms with van der Waals surface area (Å²) in [4.78, 5) is 13.1. The molecule has 2 aromatic carbocycles. The molecule has 1 N–H and O–H groups in total. The minimum atomic E-state index is 0.0391.